The highest BCUT2D eigenvalue weighted by molar-refractivity contribution is 5.69. The smallest absolute Gasteiger partial charge is 0.311 e. The van der Waals surface area contributed by atoms with Gasteiger partial charge in [0.25, 0.3) is 0 Å². The number of para-hydroxylation sites is 1. The molecule has 0 aromatic heterocycles. The van der Waals surface area contributed by atoms with Crippen molar-refractivity contribution in [3.63, 3.8) is 0 Å². The molecule has 2 rings (SSSR count). The van der Waals surface area contributed by atoms with E-state index in [0.29, 0.717) is 6.42 Å². The van der Waals surface area contributed by atoms with Crippen molar-refractivity contribution >= 4 is 5.97 Å². The molecular formula is C34H54NO3+. The van der Waals surface area contributed by atoms with Gasteiger partial charge >= 0.3 is 5.97 Å². The molecule has 212 valence electrons. The second-order valence-corrected chi connectivity index (χ2v) is 11.6. The monoisotopic (exact) mass is 524 g/mol. The first-order valence-electron chi connectivity index (χ1n) is 15.2. The molecule has 0 saturated heterocycles. The second-order valence-electron chi connectivity index (χ2n) is 11.6. The van der Waals surface area contributed by atoms with Gasteiger partial charge in [0.1, 0.15) is 25.0 Å². The zero-order valence-corrected chi connectivity index (χ0v) is 24.8. The predicted molar refractivity (Wildman–Crippen MR) is 159 cm³/mol. The molecule has 0 heterocycles. The van der Waals surface area contributed by atoms with Gasteiger partial charge in [0.15, 0.2) is 0 Å². The van der Waals surface area contributed by atoms with Crippen molar-refractivity contribution in [2.45, 2.75) is 110 Å². The zero-order chi connectivity index (χ0) is 27.5. The Morgan fingerprint density at radius 3 is 2.03 bits per heavy atom. The Balaban J connectivity index is 1.61. The summed E-state index contributed by atoms with van der Waals surface area (Å²) >= 11 is 0. The van der Waals surface area contributed by atoms with Crippen LogP contribution in [0.25, 0.3) is 0 Å². The first kappa shape index (κ1) is 31.9. The van der Waals surface area contributed by atoms with Crippen molar-refractivity contribution in [3.8, 4) is 5.75 Å². The quantitative estimate of drug-likeness (QED) is 0.0932. The lowest BCUT2D eigenvalue weighted by atomic mass is 10.0. The van der Waals surface area contributed by atoms with Crippen molar-refractivity contribution in [1.82, 2.24) is 0 Å². The van der Waals surface area contributed by atoms with Crippen molar-refractivity contribution in [3.05, 3.63) is 65.7 Å². The third kappa shape index (κ3) is 14.6. The van der Waals surface area contributed by atoms with Crippen LogP contribution in [0.15, 0.2) is 54.6 Å². The van der Waals surface area contributed by atoms with Crippen molar-refractivity contribution < 1.29 is 18.8 Å². The number of unbranched alkanes of at least 4 members (excludes halogenated alkanes) is 10. The van der Waals surface area contributed by atoms with Crippen molar-refractivity contribution in [1.29, 1.82) is 0 Å². The van der Waals surface area contributed by atoms with Crippen molar-refractivity contribution in [2.24, 2.45) is 0 Å². The fourth-order valence-corrected chi connectivity index (χ4v) is 4.89. The number of hydrogen-bond donors (Lipinski definition) is 0. The minimum atomic E-state index is -0.177. The number of aryl methyl sites for hydroxylation is 1. The molecule has 0 aliphatic heterocycles. The zero-order valence-electron chi connectivity index (χ0n) is 24.8. The number of benzene rings is 2. The molecule has 38 heavy (non-hydrogen) atoms. The van der Waals surface area contributed by atoms with Crippen LogP contribution in [0, 0.1) is 0 Å². The summed E-state index contributed by atoms with van der Waals surface area (Å²) in [5.74, 6) is 0.762. The molecule has 0 bridgehead atoms. The Morgan fingerprint density at radius 1 is 0.789 bits per heavy atom. The van der Waals surface area contributed by atoms with Crippen LogP contribution in [0.5, 0.6) is 5.75 Å². The molecule has 0 amide bonds. The van der Waals surface area contributed by atoms with E-state index in [1.807, 2.05) is 25.1 Å². The summed E-state index contributed by atoms with van der Waals surface area (Å²) in [6.45, 7) is 6.16. The predicted octanol–water partition coefficient (Wildman–Crippen LogP) is 8.52. The van der Waals surface area contributed by atoms with E-state index in [2.05, 4.69) is 57.4 Å². The van der Waals surface area contributed by atoms with E-state index in [0.717, 1.165) is 29.7 Å². The van der Waals surface area contributed by atoms with E-state index < -0.39 is 0 Å². The van der Waals surface area contributed by atoms with Crippen LogP contribution in [0.3, 0.4) is 0 Å². The molecule has 0 radical (unpaired) electrons. The highest BCUT2D eigenvalue weighted by Crippen LogP contribution is 2.22. The van der Waals surface area contributed by atoms with Crippen LogP contribution in [0.2, 0.25) is 0 Å². The average Bonchev–Trinajstić information content (AvgIpc) is 2.90. The lowest BCUT2D eigenvalue weighted by Crippen LogP contribution is -2.40. The van der Waals surface area contributed by atoms with Crippen LogP contribution < -0.4 is 4.74 Å². The Kier molecular flexibility index (Phi) is 15.8. The van der Waals surface area contributed by atoms with Gasteiger partial charge in [-0.2, -0.15) is 0 Å². The lowest BCUT2D eigenvalue weighted by Gasteiger charge is -2.29. The van der Waals surface area contributed by atoms with Crippen LogP contribution in [-0.2, 0) is 22.5 Å². The molecule has 0 spiro atoms. The minimum Gasteiger partial charge on any atom is -0.487 e. The molecule has 1 atom stereocenters. The molecule has 0 saturated carbocycles. The minimum absolute atomic E-state index is 0.158. The summed E-state index contributed by atoms with van der Waals surface area (Å²) in [7, 11) is 4.30. The molecule has 0 aliphatic rings. The normalized spacial score (nSPS) is 12.3. The average molecular weight is 525 g/mol. The Hall–Kier alpha value is -2.33. The Morgan fingerprint density at radius 2 is 1.37 bits per heavy atom. The summed E-state index contributed by atoms with van der Waals surface area (Å²) < 4.78 is 12.5. The van der Waals surface area contributed by atoms with E-state index in [4.69, 9.17) is 9.47 Å². The number of carbonyl (C=O) groups is 1. The van der Waals surface area contributed by atoms with E-state index in [-0.39, 0.29) is 18.7 Å². The highest BCUT2D eigenvalue weighted by Gasteiger charge is 2.19. The fraction of sp³-hybridized carbons (Fsp3) is 0.618. The topological polar surface area (TPSA) is 35.5 Å². The van der Waals surface area contributed by atoms with Gasteiger partial charge in [-0.05, 0) is 31.4 Å². The van der Waals surface area contributed by atoms with E-state index >= 15 is 0 Å². The molecule has 4 nitrogen and oxygen atoms in total. The van der Waals surface area contributed by atoms with Gasteiger partial charge in [-0.15, -0.1) is 0 Å². The molecule has 2 aromatic rings. The van der Waals surface area contributed by atoms with Crippen LogP contribution in [0.1, 0.15) is 102 Å². The molecule has 0 fully saturated rings. The van der Waals surface area contributed by atoms with Gasteiger partial charge in [0.2, 0.25) is 0 Å². The van der Waals surface area contributed by atoms with Gasteiger partial charge in [0.05, 0.1) is 27.1 Å². The van der Waals surface area contributed by atoms with Gasteiger partial charge in [-0.25, -0.2) is 0 Å². The summed E-state index contributed by atoms with van der Waals surface area (Å²) in [5, 5.41) is 0. The molecular weight excluding hydrogens is 470 g/mol. The van der Waals surface area contributed by atoms with Gasteiger partial charge < -0.3 is 14.0 Å². The van der Waals surface area contributed by atoms with Crippen LogP contribution in [0.4, 0.5) is 0 Å². The third-order valence-corrected chi connectivity index (χ3v) is 7.20. The number of rotatable bonds is 21. The van der Waals surface area contributed by atoms with Gasteiger partial charge in [-0.1, -0.05) is 120 Å². The summed E-state index contributed by atoms with van der Waals surface area (Å²) in [6, 6.07) is 18.7. The largest absolute Gasteiger partial charge is 0.487 e. The molecule has 1 unspecified atom stereocenters. The number of quaternary nitrogens is 1. The summed E-state index contributed by atoms with van der Waals surface area (Å²) in [5.41, 5.74) is 2.53. The standard InChI is InChI=1S/C34H54NO3/c1-5-6-7-8-9-10-11-12-13-14-18-23-32-24-19-20-25-33(32)38-30(2)29-37-34(36)26-27-35(3,4)28-31-21-16-15-17-22-31/h15-17,19-22,24-25,30H,5-14,18,23,26-29H2,1-4H3/q+1. The lowest BCUT2D eigenvalue weighted by molar-refractivity contribution is -0.903. The molecule has 2 aromatic carbocycles. The first-order valence-corrected chi connectivity index (χ1v) is 15.2. The molecule has 4 heteroatoms. The number of carbonyl (C=O) groups excluding carboxylic acids is 1. The number of ether oxygens (including phenoxy) is 2. The maximum absolute atomic E-state index is 12.4. The second kappa shape index (κ2) is 18.8. The van der Waals surface area contributed by atoms with Gasteiger partial charge in [0, 0.05) is 5.56 Å². The van der Waals surface area contributed by atoms with E-state index in [9.17, 15) is 4.79 Å². The molecule has 0 aliphatic carbocycles. The summed E-state index contributed by atoms with van der Waals surface area (Å²) in [4.78, 5) is 12.4. The maximum atomic E-state index is 12.4. The SMILES string of the molecule is CCCCCCCCCCCCCc1ccccc1OC(C)COC(=O)CC[N+](C)(C)Cc1ccccc1. The van der Waals surface area contributed by atoms with E-state index in [1.54, 1.807) is 0 Å². The molecule has 0 N–H and O–H groups in total. The number of hydrogen-bond acceptors (Lipinski definition) is 3. The first-order chi connectivity index (χ1) is 18.4. The Bertz CT molecular complexity index is 880. The maximum Gasteiger partial charge on any atom is 0.311 e. The number of esters is 1. The number of nitrogens with zero attached hydrogens (tertiary/aromatic N) is 1. The highest BCUT2D eigenvalue weighted by atomic mass is 16.6. The summed E-state index contributed by atoms with van der Waals surface area (Å²) in [6.07, 6.45) is 16.1. The van der Waals surface area contributed by atoms with Gasteiger partial charge in [-0.3, -0.25) is 4.79 Å². The fourth-order valence-electron chi connectivity index (χ4n) is 4.89. The van der Waals surface area contributed by atoms with Crippen LogP contribution in [-0.4, -0.2) is 43.8 Å². The third-order valence-electron chi connectivity index (χ3n) is 7.20. The van der Waals surface area contributed by atoms with E-state index in [1.165, 1.54) is 81.8 Å². The van der Waals surface area contributed by atoms with Crippen LogP contribution >= 0.6 is 0 Å². The Labute approximate surface area is 233 Å². The van der Waals surface area contributed by atoms with Crippen molar-refractivity contribution in [2.75, 3.05) is 27.2 Å².